The van der Waals surface area contributed by atoms with Crippen LogP contribution in [0.3, 0.4) is 0 Å². The van der Waals surface area contributed by atoms with E-state index < -0.39 is 0 Å². The van der Waals surface area contributed by atoms with Crippen molar-refractivity contribution < 1.29 is 9.13 Å². The van der Waals surface area contributed by atoms with Crippen molar-refractivity contribution in [2.45, 2.75) is 13.0 Å². The SMILES string of the molecule is CN(C)CCCOc1ccc(CN)c(Br)c1F. The largest absolute Gasteiger partial charge is 0.490 e. The Morgan fingerprint density at radius 2 is 2.12 bits per heavy atom. The van der Waals surface area contributed by atoms with Gasteiger partial charge < -0.3 is 15.4 Å². The third kappa shape index (κ3) is 4.26. The first-order valence-corrected chi connectivity index (χ1v) is 6.30. The summed E-state index contributed by atoms with van der Waals surface area (Å²) in [4.78, 5) is 2.06. The fraction of sp³-hybridized carbons (Fsp3) is 0.500. The summed E-state index contributed by atoms with van der Waals surface area (Å²) in [6.07, 6.45) is 0.864. The number of nitrogens with zero attached hydrogens (tertiary/aromatic N) is 1. The molecule has 0 atom stereocenters. The molecular weight excluding hydrogens is 287 g/mol. The van der Waals surface area contributed by atoms with Crippen molar-refractivity contribution in [1.29, 1.82) is 0 Å². The maximum atomic E-state index is 13.8. The minimum atomic E-state index is -0.377. The predicted molar refractivity (Wildman–Crippen MR) is 70.7 cm³/mol. The minimum Gasteiger partial charge on any atom is -0.490 e. The van der Waals surface area contributed by atoms with E-state index in [4.69, 9.17) is 10.5 Å². The number of hydrogen-bond donors (Lipinski definition) is 1. The van der Waals surface area contributed by atoms with Crippen molar-refractivity contribution in [1.82, 2.24) is 4.90 Å². The highest BCUT2D eigenvalue weighted by Crippen LogP contribution is 2.28. The first-order chi connectivity index (χ1) is 8.06. The molecule has 17 heavy (non-hydrogen) atoms. The van der Waals surface area contributed by atoms with Gasteiger partial charge in [-0.15, -0.1) is 0 Å². The Balaban J connectivity index is 2.57. The summed E-state index contributed by atoms with van der Waals surface area (Å²) in [6.45, 7) is 1.73. The molecule has 0 aliphatic carbocycles. The molecule has 96 valence electrons. The van der Waals surface area contributed by atoms with Gasteiger partial charge in [-0.3, -0.25) is 0 Å². The van der Waals surface area contributed by atoms with Crippen LogP contribution in [0.5, 0.6) is 5.75 Å². The number of hydrogen-bond acceptors (Lipinski definition) is 3. The van der Waals surface area contributed by atoms with Crippen LogP contribution in [0.2, 0.25) is 0 Å². The molecule has 0 fully saturated rings. The van der Waals surface area contributed by atoms with Gasteiger partial charge in [0.15, 0.2) is 11.6 Å². The van der Waals surface area contributed by atoms with Crippen molar-refractivity contribution >= 4 is 15.9 Å². The fourth-order valence-corrected chi connectivity index (χ4v) is 1.89. The van der Waals surface area contributed by atoms with Crippen LogP contribution in [0.4, 0.5) is 4.39 Å². The van der Waals surface area contributed by atoms with Gasteiger partial charge in [0.2, 0.25) is 0 Å². The third-order valence-corrected chi connectivity index (χ3v) is 3.21. The molecule has 0 heterocycles. The van der Waals surface area contributed by atoms with Gasteiger partial charge >= 0.3 is 0 Å². The van der Waals surface area contributed by atoms with E-state index in [1.165, 1.54) is 0 Å². The Bertz CT molecular complexity index is 372. The zero-order chi connectivity index (χ0) is 12.8. The van der Waals surface area contributed by atoms with Crippen molar-refractivity contribution in [3.63, 3.8) is 0 Å². The lowest BCUT2D eigenvalue weighted by molar-refractivity contribution is 0.270. The van der Waals surface area contributed by atoms with Gasteiger partial charge in [0, 0.05) is 13.1 Å². The average molecular weight is 305 g/mol. The number of rotatable bonds is 6. The molecule has 5 heteroatoms. The molecule has 0 spiro atoms. The zero-order valence-electron chi connectivity index (χ0n) is 10.2. The molecule has 0 radical (unpaired) electrons. The van der Waals surface area contributed by atoms with E-state index in [0.717, 1.165) is 18.5 Å². The van der Waals surface area contributed by atoms with Crippen LogP contribution in [0, 0.1) is 5.82 Å². The molecule has 0 saturated heterocycles. The zero-order valence-corrected chi connectivity index (χ0v) is 11.8. The van der Waals surface area contributed by atoms with E-state index >= 15 is 0 Å². The van der Waals surface area contributed by atoms with Gasteiger partial charge in [-0.25, -0.2) is 4.39 Å². The van der Waals surface area contributed by atoms with E-state index in [-0.39, 0.29) is 11.6 Å². The molecule has 0 amide bonds. The lowest BCUT2D eigenvalue weighted by Gasteiger charge is -2.12. The van der Waals surface area contributed by atoms with E-state index in [0.29, 0.717) is 17.6 Å². The second kappa shape index (κ2) is 6.93. The average Bonchev–Trinajstić information content (AvgIpc) is 2.29. The molecule has 3 nitrogen and oxygen atoms in total. The molecule has 0 aliphatic heterocycles. The number of nitrogens with two attached hydrogens (primary N) is 1. The maximum absolute atomic E-state index is 13.8. The topological polar surface area (TPSA) is 38.5 Å². The van der Waals surface area contributed by atoms with Crippen LogP contribution in [0.25, 0.3) is 0 Å². The van der Waals surface area contributed by atoms with Gasteiger partial charge in [0.1, 0.15) is 0 Å². The highest BCUT2D eigenvalue weighted by molar-refractivity contribution is 9.10. The first-order valence-electron chi connectivity index (χ1n) is 5.50. The molecule has 0 unspecified atom stereocenters. The van der Waals surface area contributed by atoms with Gasteiger partial charge in [-0.2, -0.15) is 0 Å². The molecule has 2 N–H and O–H groups in total. The maximum Gasteiger partial charge on any atom is 0.179 e. The molecular formula is C12H18BrFN2O. The Kier molecular flexibility index (Phi) is 5.88. The Labute approximate surface area is 110 Å². The third-order valence-electron chi connectivity index (χ3n) is 2.35. The van der Waals surface area contributed by atoms with E-state index in [9.17, 15) is 4.39 Å². The second-order valence-corrected chi connectivity index (χ2v) is 4.85. The smallest absolute Gasteiger partial charge is 0.179 e. The van der Waals surface area contributed by atoms with Gasteiger partial charge in [-0.05, 0) is 48.1 Å². The number of halogens is 2. The lowest BCUT2D eigenvalue weighted by Crippen LogP contribution is -2.15. The number of ether oxygens (including phenoxy) is 1. The Morgan fingerprint density at radius 3 is 2.71 bits per heavy atom. The monoisotopic (exact) mass is 304 g/mol. The molecule has 1 rings (SSSR count). The molecule has 1 aromatic carbocycles. The van der Waals surface area contributed by atoms with E-state index in [1.807, 2.05) is 14.1 Å². The van der Waals surface area contributed by atoms with Gasteiger partial charge in [0.05, 0.1) is 11.1 Å². The van der Waals surface area contributed by atoms with Crippen molar-refractivity contribution in [2.75, 3.05) is 27.2 Å². The van der Waals surface area contributed by atoms with Crippen LogP contribution >= 0.6 is 15.9 Å². The first kappa shape index (κ1) is 14.4. The summed E-state index contributed by atoms with van der Waals surface area (Å²) in [6, 6.07) is 3.40. The highest BCUT2D eigenvalue weighted by Gasteiger charge is 2.11. The van der Waals surface area contributed by atoms with Crippen LogP contribution in [0.15, 0.2) is 16.6 Å². The lowest BCUT2D eigenvalue weighted by atomic mass is 10.2. The molecule has 0 saturated carbocycles. The molecule has 0 aliphatic rings. The fourth-order valence-electron chi connectivity index (χ4n) is 1.40. The van der Waals surface area contributed by atoms with Gasteiger partial charge in [0.25, 0.3) is 0 Å². The van der Waals surface area contributed by atoms with Crippen LogP contribution < -0.4 is 10.5 Å². The standard InChI is InChI=1S/C12H18BrFN2O/c1-16(2)6-3-7-17-10-5-4-9(8-15)11(13)12(10)14/h4-5H,3,6-8,15H2,1-2H3. The van der Waals surface area contributed by atoms with Crippen molar-refractivity contribution in [3.8, 4) is 5.75 Å². The second-order valence-electron chi connectivity index (χ2n) is 4.06. The Hall–Kier alpha value is -0.650. The summed E-state index contributed by atoms with van der Waals surface area (Å²) in [5.41, 5.74) is 6.22. The minimum absolute atomic E-state index is 0.271. The van der Waals surface area contributed by atoms with Gasteiger partial charge in [-0.1, -0.05) is 6.07 Å². The normalized spacial score (nSPS) is 10.9. The summed E-state index contributed by atoms with van der Waals surface area (Å²) in [5, 5.41) is 0. The quantitative estimate of drug-likeness (QED) is 0.820. The van der Waals surface area contributed by atoms with E-state index in [2.05, 4.69) is 20.8 Å². The highest BCUT2D eigenvalue weighted by atomic mass is 79.9. The summed E-state index contributed by atoms with van der Waals surface area (Å²) in [7, 11) is 3.99. The Morgan fingerprint density at radius 1 is 1.41 bits per heavy atom. The van der Waals surface area contributed by atoms with Crippen molar-refractivity contribution in [2.24, 2.45) is 5.73 Å². The molecule has 0 aromatic heterocycles. The van der Waals surface area contributed by atoms with Crippen LogP contribution in [-0.2, 0) is 6.54 Å². The molecule has 0 bridgehead atoms. The number of benzene rings is 1. The summed E-state index contributed by atoms with van der Waals surface area (Å²) < 4.78 is 19.6. The molecule has 1 aromatic rings. The van der Waals surface area contributed by atoms with Crippen LogP contribution in [0.1, 0.15) is 12.0 Å². The predicted octanol–water partition coefficient (Wildman–Crippen LogP) is 2.38. The summed E-state index contributed by atoms with van der Waals surface area (Å²) in [5.74, 6) is -0.106. The van der Waals surface area contributed by atoms with E-state index in [1.54, 1.807) is 12.1 Å². The summed E-state index contributed by atoms with van der Waals surface area (Å²) >= 11 is 3.18. The van der Waals surface area contributed by atoms with Crippen molar-refractivity contribution in [3.05, 3.63) is 28.0 Å². The van der Waals surface area contributed by atoms with Crippen LogP contribution in [-0.4, -0.2) is 32.1 Å².